The summed E-state index contributed by atoms with van der Waals surface area (Å²) in [6.45, 7) is 0.610. The zero-order valence-corrected chi connectivity index (χ0v) is 7.83. The third kappa shape index (κ3) is 1.41. The fraction of sp³-hybridized carbons (Fsp3) is 0.222. The van der Waals surface area contributed by atoms with Crippen molar-refractivity contribution in [2.75, 3.05) is 6.54 Å². The lowest BCUT2D eigenvalue weighted by molar-refractivity contribution is 0.943. The van der Waals surface area contributed by atoms with Crippen molar-refractivity contribution in [2.45, 2.75) is 6.42 Å². The molecule has 0 radical (unpaired) electrons. The second-order valence-corrected chi connectivity index (χ2v) is 3.22. The molecule has 13 heavy (non-hydrogen) atoms. The molecule has 0 aliphatic carbocycles. The van der Waals surface area contributed by atoms with Gasteiger partial charge in [-0.3, -0.25) is 4.40 Å². The highest BCUT2D eigenvalue weighted by Crippen LogP contribution is 2.15. The minimum absolute atomic E-state index is 0.610. The van der Waals surface area contributed by atoms with E-state index < -0.39 is 0 Å². The van der Waals surface area contributed by atoms with E-state index in [4.69, 9.17) is 17.3 Å². The molecule has 0 saturated heterocycles. The van der Waals surface area contributed by atoms with Crippen LogP contribution in [-0.2, 0) is 6.42 Å². The van der Waals surface area contributed by atoms with Crippen LogP contribution in [0.15, 0.2) is 24.5 Å². The van der Waals surface area contributed by atoms with E-state index in [0.29, 0.717) is 11.7 Å². The third-order valence-electron chi connectivity index (χ3n) is 1.98. The number of rotatable bonds is 2. The van der Waals surface area contributed by atoms with Crippen LogP contribution in [-0.4, -0.2) is 15.9 Å². The molecule has 0 fully saturated rings. The average molecular weight is 196 g/mol. The molecule has 0 unspecified atom stereocenters. The van der Waals surface area contributed by atoms with Gasteiger partial charge in [-0.2, -0.15) is 0 Å². The van der Waals surface area contributed by atoms with Crippen LogP contribution >= 0.6 is 11.6 Å². The Morgan fingerprint density at radius 1 is 1.46 bits per heavy atom. The molecule has 0 spiro atoms. The van der Waals surface area contributed by atoms with Crippen LogP contribution in [0.2, 0.25) is 5.15 Å². The van der Waals surface area contributed by atoms with E-state index in [9.17, 15) is 0 Å². The van der Waals surface area contributed by atoms with Gasteiger partial charge in [0.2, 0.25) is 0 Å². The molecule has 3 nitrogen and oxygen atoms in total. The number of fused-ring (bicyclic) bond motifs is 1. The van der Waals surface area contributed by atoms with Gasteiger partial charge in [0, 0.05) is 6.42 Å². The number of halogens is 1. The summed E-state index contributed by atoms with van der Waals surface area (Å²) >= 11 is 5.96. The van der Waals surface area contributed by atoms with Crippen molar-refractivity contribution in [1.29, 1.82) is 0 Å². The number of hydrogen-bond acceptors (Lipinski definition) is 2. The Morgan fingerprint density at radius 3 is 3.08 bits per heavy atom. The Kier molecular flexibility index (Phi) is 2.20. The Labute approximate surface area is 81.1 Å². The minimum Gasteiger partial charge on any atom is -0.330 e. The van der Waals surface area contributed by atoms with Gasteiger partial charge in [-0.1, -0.05) is 17.7 Å². The largest absolute Gasteiger partial charge is 0.330 e. The molecule has 0 aliphatic heterocycles. The number of nitrogens with two attached hydrogens (primary N) is 1. The van der Waals surface area contributed by atoms with E-state index >= 15 is 0 Å². The fourth-order valence-corrected chi connectivity index (χ4v) is 1.58. The predicted octanol–water partition coefficient (Wildman–Crippen LogP) is 1.49. The standard InChI is InChI=1S/C9H10ClN3/c10-9-3-1-2-8-7(4-5-11)12-6-13(8)9/h1-3,6H,4-5,11H2. The molecule has 2 aromatic heterocycles. The lowest BCUT2D eigenvalue weighted by atomic mass is 10.2. The molecule has 0 aliphatic rings. The highest BCUT2D eigenvalue weighted by atomic mass is 35.5. The summed E-state index contributed by atoms with van der Waals surface area (Å²) in [5.41, 5.74) is 7.51. The molecule has 0 aromatic carbocycles. The van der Waals surface area contributed by atoms with E-state index in [0.717, 1.165) is 17.6 Å². The van der Waals surface area contributed by atoms with Crippen molar-refractivity contribution >= 4 is 17.1 Å². The molecular formula is C9H10ClN3. The quantitative estimate of drug-likeness (QED) is 0.738. The Hall–Kier alpha value is -1.06. The zero-order valence-electron chi connectivity index (χ0n) is 7.07. The molecule has 4 heteroatoms. The zero-order chi connectivity index (χ0) is 9.26. The molecule has 2 N–H and O–H groups in total. The van der Waals surface area contributed by atoms with Crippen LogP contribution < -0.4 is 5.73 Å². The summed E-state index contributed by atoms with van der Waals surface area (Å²) < 4.78 is 1.85. The topological polar surface area (TPSA) is 43.3 Å². The molecule has 0 bridgehead atoms. The van der Waals surface area contributed by atoms with E-state index in [-0.39, 0.29) is 0 Å². The maximum atomic E-state index is 5.96. The SMILES string of the molecule is NCCc1ncn2c(Cl)cccc12. The van der Waals surface area contributed by atoms with E-state index in [1.54, 1.807) is 6.33 Å². The second-order valence-electron chi connectivity index (χ2n) is 2.83. The van der Waals surface area contributed by atoms with Gasteiger partial charge in [-0.25, -0.2) is 4.98 Å². The summed E-state index contributed by atoms with van der Waals surface area (Å²) in [5, 5.41) is 0.674. The Morgan fingerprint density at radius 2 is 2.31 bits per heavy atom. The normalized spacial score (nSPS) is 10.9. The molecule has 68 valence electrons. The van der Waals surface area contributed by atoms with E-state index in [1.807, 2.05) is 22.6 Å². The first kappa shape index (κ1) is 8.53. The Balaban J connectivity index is 2.61. The van der Waals surface area contributed by atoms with Crippen LogP contribution in [0.5, 0.6) is 0 Å². The van der Waals surface area contributed by atoms with Crippen LogP contribution in [0.4, 0.5) is 0 Å². The number of pyridine rings is 1. The maximum Gasteiger partial charge on any atom is 0.114 e. The van der Waals surface area contributed by atoms with Gasteiger partial charge in [-0.15, -0.1) is 0 Å². The lowest BCUT2D eigenvalue weighted by Gasteiger charge is -1.97. The lowest BCUT2D eigenvalue weighted by Crippen LogP contribution is -2.03. The van der Waals surface area contributed by atoms with Gasteiger partial charge in [0.25, 0.3) is 0 Å². The first-order valence-electron chi connectivity index (χ1n) is 4.13. The first-order valence-corrected chi connectivity index (χ1v) is 4.51. The number of imidazole rings is 1. The third-order valence-corrected chi connectivity index (χ3v) is 2.29. The molecule has 2 aromatic rings. The van der Waals surface area contributed by atoms with Gasteiger partial charge in [-0.05, 0) is 18.7 Å². The summed E-state index contributed by atoms with van der Waals surface area (Å²) in [4.78, 5) is 4.24. The molecular weight excluding hydrogens is 186 g/mol. The summed E-state index contributed by atoms with van der Waals surface area (Å²) in [5.74, 6) is 0. The fourth-order valence-electron chi connectivity index (χ4n) is 1.37. The van der Waals surface area contributed by atoms with Crippen LogP contribution in [0.25, 0.3) is 5.52 Å². The maximum absolute atomic E-state index is 5.96. The molecule has 2 heterocycles. The van der Waals surface area contributed by atoms with Gasteiger partial charge in [0.05, 0.1) is 11.2 Å². The van der Waals surface area contributed by atoms with E-state index in [2.05, 4.69) is 4.98 Å². The summed E-state index contributed by atoms with van der Waals surface area (Å²) in [6, 6.07) is 5.74. The number of hydrogen-bond donors (Lipinski definition) is 1. The van der Waals surface area contributed by atoms with Crippen molar-refractivity contribution in [2.24, 2.45) is 5.73 Å². The van der Waals surface area contributed by atoms with Gasteiger partial charge in [0.15, 0.2) is 0 Å². The number of nitrogens with zero attached hydrogens (tertiary/aromatic N) is 2. The van der Waals surface area contributed by atoms with Gasteiger partial charge >= 0.3 is 0 Å². The van der Waals surface area contributed by atoms with Crippen LogP contribution in [0, 0.1) is 0 Å². The van der Waals surface area contributed by atoms with Crippen LogP contribution in [0.3, 0.4) is 0 Å². The van der Waals surface area contributed by atoms with Gasteiger partial charge in [0.1, 0.15) is 11.5 Å². The van der Waals surface area contributed by atoms with Crippen molar-refractivity contribution < 1.29 is 0 Å². The van der Waals surface area contributed by atoms with Gasteiger partial charge < -0.3 is 5.73 Å². The minimum atomic E-state index is 0.610. The highest BCUT2D eigenvalue weighted by Gasteiger charge is 2.04. The van der Waals surface area contributed by atoms with Crippen molar-refractivity contribution in [3.8, 4) is 0 Å². The highest BCUT2D eigenvalue weighted by molar-refractivity contribution is 6.29. The molecule has 0 atom stereocenters. The average Bonchev–Trinajstić information content (AvgIpc) is 2.51. The first-order chi connectivity index (χ1) is 6.33. The second kappa shape index (κ2) is 3.36. The van der Waals surface area contributed by atoms with E-state index in [1.165, 1.54) is 0 Å². The molecule has 2 rings (SSSR count). The van der Waals surface area contributed by atoms with Crippen molar-refractivity contribution in [3.05, 3.63) is 35.4 Å². The smallest absolute Gasteiger partial charge is 0.114 e. The predicted molar refractivity (Wildman–Crippen MR) is 53.0 cm³/mol. The number of aromatic nitrogens is 2. The Bertz CT molecular complexity index is 422. The van der Waals surface area contributed by atoms with Crippen molar-refractivity contribution in [1.82, 2.24) is 9.38 Å². The molecule has 0 saturated carbocycles. The van der Waals surface area contributed by atoms with Crippen molar-refractivity contribution in [3.63, 3.8) is 0 Å². The summed E-state index contributed by atoms with van der Waals surface area (Å²) in [7, 11) is 0. The van der Waals surface area contributed by atoms with Crippen LogP contribution in [0.1, 0.15) is 5.69 Å². The summed E-state index contributed by atoms with van der Waals surface area (Å²) in [6.07, 6.45) is 2.51. The molecule has 0 amide bonds. The monoisotopic (exact) mass is 195 g/mol.